The van der Waals surface area contributed by atoms with E-state index < -0.39 is 0 Å². The summed E-state index contributed by atoms with van der Waals surface area (Å²) >= 11 is 3.52. The third kappa shape index (κ3) is 3.83. The van der Waals surface area contributed by atoms with E-state index in [0.29, 0.717) is 0 Å². The molecule has 0 radical (unpaired) electrons. The molecule has 7 nitrogen and oxygen atoms in total. The molecule has 0 aliphatic heterocycles. The zero-order valence-electron chi connectivity index (χ0n) is 25.0. The Morgan fingerprint density at radius 2 is 1.02 bits per heavy atom. The van der Waals surface area contributed by atoms with Crippen molar-refractivity contribution in [1.82, 2.24) is 24.5 Å². The highest BCUT2D eigenvalue weighted by Crippen LogP contribution is 2.46. The Labute approximate surface area is 250 Å². The van der Waals surface area contributed by atoms with Gasteiger partial charge >= 0.3 is 11.4 Å². The van der Waals surface area contributed by atoms with E-state index in [1.807, 2.05) is 0 Å². The number of nitrogens with zero attached hydrogens (tertiary/aromatic N) is 1. The van der Waals surface area contributed by atoms with E-state index in [4.69, 9.17) is 0 Å². The van der Waals surface area contributed by atoms with Gasteiger partial charge in [0.15, 0.2) is 0 Å². The number of H-pyrrole nitrogens is 4. The lowest BCUT2D eigenvalue weighted by Crippen LogP contribution is -2.14. The third-order valence-corrected chi connectivity index (χ3v) is 12.5. The first-order valence-corrected chi connectivity index (χ1v) is 16.1. The van der Waals surface area contributed by atoms with Crippen LogP contribution in [0.2, 0.25) is 0 Å². The van der Waals surface area contributed by atoms with E-state index in [2.05, 4.69) is 109 Å². The molecular weight excluding hydrogens is 563 g/mol. The normalized spacial score (nSPS) is 13.0. The van der Waals surface area contributed by atoms with Crippen LogP contribution in [-0.4, -0.2) is 24.5 Å². The second-order valence-electron chi connectivity index (χ2n) is 12.7. The number of fused-ring (bicyclic) bond motifs is 5. The first-order valence-electron chi connectivity index (χ1n) is 14.5. The van der Waals surface area contributed by atoms with Crippen LogP contribution in [0.1, 0.15) is 64.1 Å². The van der Waals surface area contributed by atoms with Crippen LogP contribution in [-0.2, 0) is 17.9 Å². The molecule has 0 fully saturated rings. The Balaban J connectivity index is 1.45. The van der Waals surface area contributed by atoms with E-state index in [1.165, 1.54) is 9.75 Å². The molecule has 42 heavy (non-hydrogen) atoms. The molecule has 0 saturated heterocycles. The van der Waals surface area contributed by atoms with Gasteiger partial charge in [0.2, 0.25) is 0 Å². The number of aryl methyl sites for hydroxylation is 1. The summed E-state index contributed by atoms with van der Waals surface area (Å²) in [6.07, 6.45) is 1.94. The molecule has 5 heterocycles. The van der Waals surface area contributed by atoms with Gasteiger partial charge in [0.1, 0.15) is 0 Å². The van der Waals surface area contributed by atoms with Gasteiger partial charge in [-0.05, 0) is 48.2 Å². The van der Waals surface area contributed by atoms with Gasteiger partial charge in [-0.2, -0.15) is 0 Å². The first kappa shape index (κ1) is 27.0. The van der Waals surface area contributed by atoms with Gasteiger partial charge in [-0.1, -0.05) is 53.7 Å². The van der Waals surface area contributed by atoms with Crippen LogP contribution >= 0.6 is 22.7 Å². The van der Waals surface area contributed by atoms with Crippen molar-refractivity contribution in [3.05, 3.63) is 67.1 Å². The molecule has 7 rings (SSSR count). The first-order chi connectivity index (χ1) is 19.9. The molecule has 0 aliphatic carbocycles. The van der Waals surface area contributed by atoms with Crippen molar-refractivity contribution in [1.29, 1.82) is 0 Å². The molecule has 0 spiro atoms. The third-order valence-electron chi connectivity index (χ3n) is 9.30. The summed E-state index contributed by atoms with van der Waals surface area (Å²) in [5, 5.41) is 2.32. The predicted octanol–water partition coefficient (Wildman–Crippen LogP) is 8.50. The minimum Gasteiger partial charge on any atom is -0.344 e. The van der Waals surface area contributed by atoms with Gasteiger partial charge in [-0.25, -0.2) is 9.59 Å². The van der Waals surface area contributed by atoms with E-state index in [-0.39, 0.29) is 22.2 Å². The summed E-state index contributed by atoms with van der Waals surface area (Å²) in [5.41, 5.74) is 7.61. The molecule has 0 amide bonds. The van der Waals surface area contributed by atoms with Crippen molar-refractivity contribution >= 4 is 66.5 Å². The summed E-state index contributed by atoms with van der Waals surface area (Å²) < 4.78 is 2.24. The van der Waals surface area contributed by atoms with Crippen molar-refractivity contribution in [2.24, 2.45) is 7.05 Å². The Hall–Kier alpha value is -3.82. The number of aromatic nitrogens is 5. The topological polar surface area (TPSA) is 102 Å². The van der Waals surface area contributed by atoms with Crippen molar-refractivity contribution in [3.63, 3.8) is 0 Å². The maximum atomic E-state index is 12.4. The fourth-order valence-electron chi connectivity index (χ4n) is 6.04. The van der Waals surface area contributed by atoms with Crippen molar-refractivity contribution < 1.29 is 0 Å². The molecule has 7 aromatic rings. The number of thiophene rings is 2. The van der Waals surface area contributed by atoms with Crippen molar-refractivity contribution in [3.8, 4) is 20.9 Å². The number of hydrogen-bond donors (Lipinski definition) is 4. The zero-order valence-corrected chi connectivity index (χ0v) is 26.6. The molecule has 0 unspecified atom stereocenters. The fourth-order valence-corrected chi connectivity index (χ4v) is 8.80. The van der Waals surface area contributed by atoms with Crippen molar-refractivity contribution in [2.45, 2.75) is 65.2 Å². The highest BCUT2D eigenvalue weighted by atomic mass is 32.1. The fraction of sp³-hybridized carbons (Fsp3) is 0.333. The van der Waals surface area contributed by atoms with E-state index in [1.54, 1.807) is 22.7 Å². The summed E-state index contributed by atoms with van der Waals surface area (Å²) in [7, 11) is 2.10. The standard InChI is InChI=1S/C33H35N5O2S2/c1-8-32(3,4)28-24-22(34-30(39)36-24)26(41-28)16-10-12-20-18(14-16)19-15-17(11-13-21(19)38(20)7)27-23-25(37-31(40)35-23)29(42-27)33(5,6)9-2/h10-15H,8-9H2,1-7H3,(H2,34,36,39)(H2,35,37,40). The second-order valence-corrected chi connectivity index (χ2v) is 14.7. The molecule has 216 valence electrons. The highest BCUT2D eigenvalue weighted by molar-refractivity contribution is 7.18. The van der Waals surface area contributed by atoms with Gasteiger partial charge < -0.3 is 24.5 Å². The minimum atomic E-state index is -0.172. The van der Waals surface area contributed by atoms with E-state index in [9.17, 15) is 9.59 Å². The second kappa shape index (κ2) is 9.09. The van der Waals surface area contributed by atoms with Gasteiger partial charge in [0.25, 0.3) is 0 Å². The van der Waals surface area contributed by atoms with Crippen LogP contribution in [0, 0.1) is 0 Å². The van der Waals surface area contributed by atoms with Crippen LogP contribution in [0.4, 0.5) is 0 Å². The summed E-state index contributed by atoms with van der Waals surface area (Å²) in [4.78, 5) is 41.6. The van der Waals surface area contributed by atoms with E-state index >= 15 is 0 Å². The lowest BCUT2D eigenvalue weighted by atomic mass is 9.88. The molecule has 0 aliphatic rings. The van der Waals surface area contributed by atoms with Crippen LogP contribution in [0.15, 0.2) is 46.0 Å². The van der Waals surface area contributed by atoms with Crippen LogP contribution in [0.3, 0.4) is 0 Å². The molecule has 0 bridgehead atoms. The molecule has 0 saturated carbocycles. The average Bonchev–Trinajstić information content (AvgIpc) is 3.75. The zero-order chi connectivity index (χ0) is 29.7. The Bertz CT molecular complexity index is 2130. The van der Waals surface area contributed by atoms with Gasteiger partial charge in [0.05, 0.1) is 31.8 Å². The Morgan fingerprint density at radius 1 is 0.643 bits per heavy atom. The van der Waals surface area contributed by atoms with Crippen molar-refractivity contribution in [2.75, 3.05) is 0 Å². The lowest BCUT2D eigenvalue weighted by molar-refractivity contribution is 0.520. The minimum absolute atomic E-state index is 0.0544. The summed E-state index contributed by atoms with van der Waals surface area (Å²) in [6.45, 7) is 13.3. The Morgan fingerprint density at radius 3 is 1.40 bits per heavy atom. The number of imidazole rings is 2. The predicted molar refractivity (Wildman–Crippen MR) is 179 cm³/mol. The maximum absolute atomic E-state index is 12.4. The number of hydrogen-bond acceptors (Lipinski definition) is 4. The SMILES string of the molecule is CCC(C)(C)c1sc(-c2ccc3c(c2)c2cc(-c4sc(C(C)(C)CC)c5[nH]c(=O)[nH]c45)ccc2n3C)c2[nH]c(=O)[nH]c12. The highest BCUT2D eigenvalue weighted by Gasteiger charge is 2.29. The molecule has 2 aromatic carbocycles. The quantitative estimate of drug-likeness (QED) is 0.154. The number of rotatable bonds is 6. The molecule has 5 aromatic heterocycles. The Kier molecular flexibility index (Phi) is 5.85. The largest absolute Gasteiger partial charge is 0.344 e. The molecule has 9 heteroatoms. The molecule has 4 N–H and O–H groups in total. The number of aromatic amines is 4. The summed E-state index contributed by atoms with van der Waals surface area (Å²) in [5.74, 6) is 0. The number of benzene rings is 2. The van der Waals surface area contributed by atoms with E-state index in [0.717, 1.165) is 77.6 Å². The smallest absolute Gasteiger partial charge is 0.323 e. The summed E-state index contributed by atoms with van der Waals surface area (Å²) in [6, 6.07) is 13.2. The molecule has 0 atom stereocenters. The van der Waals surface area contributed by atoms with Gasteiger partial charge in [-0.3, -0.25) is 0 Å². The van der Waals surface area contributed by atoms with Crippen LogP contribution < -0.4 is 11.4 Å². The van der Waals surface area contributed by atoms with Gasteiger partial charge in [-0.15, -0.1) is 22.7 Å². The lowest BCUT2D eigenvalue weighted by Gasteiger charge is -2.20. The number of nitrogens with one attached hydrogen (secondary N) is 4. The van der Waals surface area contributed by atoms with Gasteiger partial charge in [0, 0.05) is 49.4 Å². The average molecular weight is 598 g/mol. The van der Waals surface area contributed by atoms with Crippen LogP contribution in [0.5, 0.6) is 0 Å². The van der Waals surface area contributed by atoms with Crippen LogP contribution in [0.25, 0.3) is 64.8 Å². The molecular formula is C33H35N5O2S2. The maximum Gasteiger partial charge on any atom is 0.323 e. The monoisotopic (exact) mass is 597 g/mol.